The van der Waals surface area contributed by atoms with E-state index in [9.17, 15) is 15.0 Å². The Labute approximate surface area is 233 Å². The fraction of sp³-hybridized carbons (Fsp3) is 0.281. The van der Waals surface area contributed by atoms with Gasteiger partial charge >= 0.3 is 0 Å². The molecule has 0 spiro atoms. The Bertz CT molecular complexity index is 1610. The standard InChI is InChI=1S/C32H34N4O4/c1-33(2)23-9-7-21(8-10-23)25-5-4-6-26-30(25)22(20-36(26)16-15-35-13-11-34(3)12-14-35)17-29-32(39)31-27(38)18-24(37)19-28(31)40-29/h4-10,17-20,37-38H,11-16H2,1-3H3/b29-17-. The van der Waals surface area contributed by atoms with E-state index in [-0.39, 0.29) is 28.6 Å². The Morgan fingerprint density at radius 1 is 0.975 bits per heavy atom. The number of anilines is 1. The van der Waals surface area contributed by atoms with Gasteiger partial charge in [0.2, 0.25) is 5.78 Å². The monoisotopic (exact) mass is 538 g/mol. The van der Waals surface area contributed by atoms with Gasteiger partial charge in [-0.25, -0.2) is 0 Å². The van der Waals surface area contributed by atoms with Crippen LogP contribution in [0.15, 0.2) is 66.6 Å². The van der Waals surface area contributed by atoms with Gasteiger partial charge in [0.05, 0.1) is 0 Å². The molecule has 0 amide bonds. The first kappa shape index (κ1) is 26.0. The summed E-state index contributed by atoms with van der Waals surface area (Å²) in [7, 11) is 6.21. The molecule has 1 aromatic heterocycles. The van der Waals surface area contributed by atoms with Gasteiger partial charge in [0.25, 0.3) is 0 Å². The highest BCUT2D eigenvalue weighted by molar-refractivity contribution is 6.17. The van der Waals surface area contributed by atoms with Gasteiger partial charge in [-0.15, -0.1) is 0 Å². The second kappa shape index (κ2) is 10.4. The summed E-state index contributed by atoms with van der Waals surface area (Å²) in [5, 5.41) is 21.2. The number of phenolic OH excluding ortho intramolecular Hbond substituents is 2. The number of allylic oxidation sites excluding steroid dienone is 1. The van der Waals surface area contributed by atoms with Crippen molar-refractivity contribution in [1.82, 2.24) is 14.4 Å². The lowest BCUT2D eigenvalue weighted by Gasteiger charge is -2.32. The number of aromatic hydroxyl groups is 2. The minimum atomic E-state index is -0.404. The summed E-state index contributed by atoms with van der Waals surface area (Å²) in [4.78, 5) is 20.2. The molecule has 4 aromatic rings. The molecule has 8 nitrogen and oxygen atoms in total. The van der Waals surface area contributed by atoms with Gasteiger partial charge in [0.1, 0.15) is 22.8 Å². The molecule has 3 aromatic carbocycles. The normalized spacial score (nSPS) is 17.0. The number of hydrogen-bond donors (Lipinski definition) is 2. The van der Waals surface area contributed by atoms with Crippen LogP contribution in [0.3, 0.4) is 0 Å². The third kappa shape index (κ3) is 4.80. The molecule has 2 aliphatic heterocycles. The molecular weight excluding hydrogens is 504 g/mol. The lowest BCUT2D eigenvalue weighted by Crippen LogP contribution is -2.45. The molecule has 3 heterocycles. The number of phenols is 2. The third-order valence-corrected chi connectivity index (χ3v) is 7.91. The maximum atomic E-state index is 13.2. The van der Waals surface area contributed by atoms with Gasteiger partial charge in [0.15, 0.2) is 5.76 Å². The number of aromatic nitrogens is 1. The Morgan fingerprint density at radius 3 is 2.45 bits per heavy atom. The summed E-state index contributed by atoms with van der Waals surface area (Å²) in [6, 6.07) is 17.3. The minimum Gasteiger partial charge on any atom is -0.508 e. The van der Waals surface area contributed by atoms with Gasteiger partial charge in [-0.2, -0.15) is 0 Å². The lowest BCUT2D eigenvalue weighted by atomic mass is 9.98. The molecule has 2 N–H and O–H groups in total. The van der Waals surface area contributed by atoms with Crippen LogP contribution < -0.4 is 9.64 Å². The average molecular weight is 539 g/mol. The van der Waals surface area contributed by atoms with Crippen LogP contribution in [0.1, 0.15) is 15.9 Å². The second-order valence-electron chi connectivity index (χ2n) is 10.8. The van der Waals surface area contributed by atoms with E-state index in [1.54, 1.807) is 6.08 Å². The van der Waals surface area contributed by atoms with Crippen LogP contribution in [0.5, 0.6) is 17.2 Å². The second-order valence-corrected chi connectivity index (χ2v) is 10.8. The van der Waals surface area contributed by atoms with Crippen molar-refractivity contribution >= 4 is 28.4 Å². The quantitative estimate of drug-likeness (QED) is 0.346. The van der Waals surface area contributed by atoms with E-state index in [2.05, 4.69) is 75.0 Å². The zero-order valence-electron chi connectivity index (χ0n) is 23.1. The minimum absolute atomic E-state index is 0.0716. The van der Waals surface area contributed by atoms with E-state index in [0.29, 0.717) is 0 Å². The van der Waals surface area contributed by atoms with E-state index in [4.69, 9.17) is 4.74 Å². The number of likely N-dealkylation sites (N-methyl/N-ethyl adjacent to an activating group) is 1. The van der Waals surface area contributed by atoms with Crippen LogP contribution >= 0.6 is 0 Å². The summed E-state index contributed by atoms with van der Waals surface area (Å²) in [5.74, 6) is -0.577. The van der Waals surface area contributed by atoms with E-state index < -0.39 is 5.78 Å². The van der Waals surface area contributed by atoms with Crippen molar-refractivity contribution in [2.24, 2.45) is 0 Å². The highest BCUT2D eigenvalue weighted by Crippen LogP contribution is 2.42. The number of carbonyl (C=O) groups is 1. The molecule has 0 radical (unpaired) electrons. The van der Waals surface area contributed by atoms with Crippen LogP contribution in [0, 0.1) is 0 Å². The van der Waals surface area contributed by atoms with Crippen molar-refractivity contribution in [1.29, 1.82) is 0 Å². The number of hydrogen-bond acceptors (Lipinski definition) is 7. The number of rotatable bonds is 6. The van der Waals surface area contributed by atoms with E-state index in [0.717, 1.165) is 78.6 Å². The molecule has 2 aliphatic rings. The van der Waals surface area contributed by atoms with Crippen LogP contribution in [0.25, 0.3) is 28.1 Å². The van der Waals surface area contributed by atoms with Crippen molar-refractivity contribution in [3.63, 3.8) is 0 Å². The van der Waals surface area contributed by atoms with Crippen LogP contribution in [0.4, 0.5) is 5.69 Å². The Balaban J connectivity index is 1.43. The number of Topliss-reactive ketones (excluding diaryl/α,β-unsaturated/α-hetero) is 1. The molecule has 40 heavy (non-hydrogen) atoms. The predicted molar refractivity (Wildman–Crippen MR) is 158 cm³/mol. The van der Waals surface area contributed by atoms with Gasteiger partial charge in [-0.1, -0.05) is 24.3 Å². The molecule has 8 heteroatoms. The SMILES string of the molecule is CN1CCN(CCn2cc(/C=C3\Oc4cc(O)cc(O)c4C3=O)c3c(-c4ccc(N(C)C)cc4)cccc32)CC1. The van der Waals surface area contributed by atoms with Crippen molar-refractivity contribution in [2.45, 2.75) is 6.54 Å². The van der Waals surface area contributed by atoms with Gasteiger partial charge < -0.3 is 29.3 Å². The average Bonchev–Trinajstić information content (AvgIpc) is 3.45. The van der Waals surface area contributed by atoms with E-state index in [1.165, 1.54) is 6.07 Å². The summed E-state index contributed by atoms with van der Waals surface area (Å²) < 4.78 is 8.12. The Kier molecular flexibility index (Phi) is 6.73. The molecule has 1 fully saturated rings. The first-order chi connectivity index (χ1) is 19.3. The smallest absolute Gasteiger partial charge is 0.235 e. The number of ketones is 1. The largest absolute Gasteiger partial charge is 0.508 e. The van der Waals surface area contributed by atoms with Crippen molar-refractivity contribution in [3.05, 3.63) is 77.7 Å². The third-order valence-electron chi connectivity index (χ3n) is 7.91. The fourth-order valence-corrected chi connectivity index (χ4v) is 5.60. The van der Waals surface area contributed by atoms with Crippen LogP contribution in [-0.4, -0.2) is 84.2 Å². The fourth-order valence-electron chi connectivity index (χ4n) is 5.60. The van der Waals surface area contributed by atoms with Gasteiger partial charge in [0, 0.05) is 93.8 Å². The first-order valence-electron chi connectivity index (χ1n) is 13.6. The molecule has 0 aliphatic carbocycles. The van der Waals surface area contributed by atoms with Crippen LogP contribution in [-0.2, 0) is 6.54 Å². The van der Waals surface area contributed by atoms with Gasteiger partial charge in [-0.05, 0) is 42.4 Å². The molecule has 1 saturated heterocycles. The molecule has 0 unspecified atom stereocenters. The number of nitrogens with zero attached hydrogens (tertiary/aromatic N) is 4. The maximum Gasteiger partial charge on any atom is 0.235 e. The number of ether oxygens (including phenoxy) is 1. The topological polar surface area (TPSA) is 81.4 Å². The summed E-state index contributed by atoms with van der Waals surface area (Å²) in [6.07, 6.45) is 3.84. The molecule has 0 saturated carbocycles. The molecular formula is C32H34N4O4. The van der Waals surface area contributed by atoms with Gasteiger partial charge in [-0.3, -0.25) is 9.69 Å². The summed E-state index contributed by atoms with van der Waals surface area (Å²) in [5.41, 5.74) is 5.28. The van der Waals surface area contributed by atoms with E-state index >= 15 is 0 Å². The Hall–Kier alpha value is -4.27. The Morgan fingerprint density at radius 2 is 1.73 bits per heavy atom. The molecule has 206 valence electrons. The van der Waals surface area contributed by atoms with Crippen molar-refractivity contribution in [3.8, 4) is 28.4 Å². The number of benzene rings is 3. The van der Waals surface area contributed by atoms with E-state index in [1.807, 2.05) is 14.1 Å². The lowest BCUT2D eigenvalue weighted by molar-refractivity contribution is 0.101. The molecule has 0 atom stereocenters. The van der Waals surface area contributed by atoms with Crippen molar-refractivity contribution in [2.75, 3.05) is 58.8 Å². The number of piperazine rings is 1. The summed E-state index contributed by atoms with van der Waals surface area (Å²) >= 11 is 0. The first-order valence-corrected chi connectivity index (χ1v) is 13.6. The highest BCUT2D eigenvalue weighted by Gasteiger charge is 2.32. The molecule has 6 rings (SSSR count). The van der Waals surface area contributed by atoms with Crippen LogP contribution in [0.2, 0.25) is 0 Å². The number of fused-ring (bicyclic) bond motifs is 2. The maximum absolute atomic E-state index is 13.2. The molecule has 0 bridgehead atoms. The predicted octanol–water partition coefficient (Wildman–Crippen LogP) is 4.65. The zero-order valence-corrected chi connectivity index (χ0v) is 23.1. The highest BCUT2D eigenvalue weighted by atomic mass is 16.5. The zero-order chi connectivity index (χ0) is 28.0. The number of carbonyl (C=O) groups excluding carboxylic acids is 1. The van der Waals surface area contributed by atoms with Crippen molar-refractivity contribution < 1.29 is 19.7 Å². The summed E-state index contributed by atoms with van der Waals surface area (Å²) in [6.45, 7) is 5.98.